The molecular weight excluding hydrogens is 351 g/mol. The van der Waals surface area contributed by atoms with E-state index in [0.717, 1.165) is 18.6 Å². The fraction of sp³-hybridized carbons (Fsp3) is 0.500. The topological polar surface area (TPSA) is 81.4 Å². The highest BCUT2D eigenvalue weighted by molar-refractivity contribution is 9.10. The van der Waals surface area contributed by atoms with Gasteiger partial charge < -0.3 is 10.5 Å². The average molecular weight is 365 g/mol. The van der Waals surface area contributed by atoms with E-state index in [1.807, 2.05) is 0 Å². The van der Waals surface area contributed by atoms with Crippen molar-refractivity contribution in [1.82, 2.24) is 4.72 Å². The summed E-state index contributed by atoms with van der Waals surface area (Å²) in [6, 6.07) is 2.78. The summed E-state index contributed by atoms with van der Waals surface area (Å²) in [5, 5.41) is 0. The summed E-state index contributed by atoms with van der Waals surface area (Å²) in [5.41, 5.74) is 5.98. The third-order valence-corrected chi connectivity index (χ3v) is 6.36. The lowest BCUT2D eigenvalue weighted by molar-refractivity contribution is -0.00924. The molecule has 1 aliphatic carbocycles. The van der Waals surface area contributed by atoms with E-state index in [-0.39, 0.29) is 27.4 Å². The molecule has 0 spiro atoms. The van der Waals surface area contributed by atoms with Gasteiger partial charge in [-0.2, -0.15) is 0 Å². The Balaban J connectivity index is 1.82. The van der Waals surface area contributed by atoms with Crippen molar-refractivity contribution in [2.45, 2.75) is 29.5 Å². The predicted octanol–water partition coefficient (Wildman–Crippen LogP) is 0.981. The van der Waals surface area contributed by atoms with Crippen molar-refractivity contribution in [3.8, 4) is 0 Å². The Morgan fingerprint density at radius 1 is 1.45 bits per heavy atom. The largest absolute Gasteiger partial charge is 0.376 e. The molecule has 5 nitrogen and oxygen atoms in total. The van der Waals surface area contributed by atoms with E-state index >= 15 is 0 Å². The fourth-order valence-electron chi connectivity index (χ4n) is 2.83. The second-order valence-corrected chi connectivity index (χ2v) is 7.62. The molecule has 3 rings (SSSR count). The minimum Gasteiger partial charge on any atom is -0.376 e. The van der Waals surface area contributed by atoms with E-state index in [4.69, 9.17) is 10.5 Å². The van der Waals surface area contributed by atoms with Gasteiger partial charge in [-0.15, -0.1) is 0 Å². The molecule has 2 fully saturated rings. The summed E-state index contributed by atoms with van der Waals surface area (Å²) in [4.78, 5) is -0.00690. The molecule has 1 saturated heterocycles. The number of sulfonamides is 1. The Bertz CT molecular complexity index is 640. The molecule has 1 aromatic rings. The summed E-state index contributed by atoms with van der Waals surface area (Å²) in [6.07, 6.45) is 0.712. The lowest BCUT2D eigenvalue weighted by Gasteiger charge is -2.45. The van der Waals surface area contributed by atoms with Crippen molar-refractivity contribution in [3.05, 3.63) is 28.5 Å². The molecule has 0 bridgehead atoms. The quantitative estimate of drug-likeness (QED) is 0.837. The molecule has 1 aromatic carbocycles. The van der Waals surface area contributed by atoms with E-state index < -0.39 is 21.9 Å². The standard InChI is InChI=1S/C12H14BrFN2O3S/c13-8-5-6(14)1-2-9(8)20(17,18)16-11-10(15)7-3-4-19-12(7)11/h1-2,5,7,10-12,16H,3-4,15H2. The van der Waals surface area contributed by atoms with Crippen LogP contribution in [-0.4, -0.2) is 33.2 Å². The smallest absolute Gasteiger partial charge is 0.242 e. The number of nitrogens with one attached hydrogen (secondary N) is 1. The first-order valence-electron chi connectivity index (χ1n) is 6.25. The average Bonchev–Trinajstić information content (AvgIpc) is 2.80. The lowest BCUT2D eigenvalue weighted by Crippen LogP contribution is -2.68. The maximum absolute atomic E-state index is 13.0. The molecule has 0 amide bonds. The van der Waals surface area contributed by atoms with Crippen molar-refractivity contribution in [2.24, 2.45) is 11.7 Å². The highest BCUT2D eigenvalue weighted by atomic mass is 79.9. The number of nitrogens with two attached hydrogens (primary N) is 1. The Labute approximate surface area is 124 Å². The van der Waals surface area contributed by atoms with Crippen molar-refractivity contribution in [1.29, 1.82) is 0 Å². The normalized spacial score (nSPS) is 32.8. The van der Waals surface area contributed by atoms with E-state index in [1.165, 1.54) is 6.07 Å². The fourth-order valence-corrected chi connectivity index (χ4v) is 5.16. The molecule has 0 aromatic heterocycles. The van der Waals surface area contributed by atoms with Crippen LogP contribution < -0.4 is 10.5 Å². The van der Waals surface area contributed by atoms with Crippen molar-refractivity contribution in [2.75, 3.05) is 6.61 Å². The summed E-state index contributed by atoms with van der Waals surface area (Å²) in [6.45, 7) is 0.613. The van der Waals surface area contributed by atoms with Gasteiger partial charge in [-0.3, -0.25) is 0 Å². The van der Waals surface area contributed by atoms with E-state index in [9.17, 15) is 12.8 Å². The Morgan fingerprint density at radius 3 is 2.90 bits per heavy atom. The van der Waals surface area contributed by atoms with Gasteiger partial charge in [0, 0.05) is 23.0 Å². The van der Waals surface area contributed by atoms with Crippen molar-refractivity contribution in [3.63, 3.8) is 0 Å². The highest BCUT2D eigenvalue weighted by Crippen LogP contribution is 2.38. The number of hydrogen-bond donors (Lipinski definition) is 2. The van der Waals surface area contributed by atoms with Crippen LogP contribution in [-0.2, 0) is 14.8 Å². The van der Waals surface area contributed by atoms with Gasteiger partial charge in [0.1, 0.15) is 5.82 Å². The zero-order valence-electron chi connectivity index (χ0n) is 10.4. The molecule has 2 aliphatic rings. The summed E-state index contributed by atoms with van der Waals surface area (Å²) in [7, 11) is -3.76. The van der Waals surface area contributed by atoms with Crippen LogP contribution in [0.5, 0.6) is 0 Å². The van der Waals surface area contributed by atoms with Crippen LogP contribution in [0.2, 0.25) is 0 Å². The number of hydrogen-bond acceptors (Lipinski definition) is 4. The maximum atomic E-state index is 13.0. The van der Waals surface area contributed by atoms with E-state index in [1.54, 1.807) is 0 Å². The van der Waals surface area contributed by atoms with Gasteiger partial charge in [0.25, 0.3) is 0 Å². The molecule has 0 radical (unpaired) electrons. The van der Waals surface area contributed by atoms with Crippen LogP contribution in [0, 0.1) is 11.7 Å². The molecule has 1 heterocycles. The number of benzene rings is 1. The zero-order chi connectivity index (χ0) is 14.5. The molecule has 1 aliphatic heterocycles. The third kappa shape index (κ3) is 2.29. The molecule has 20 heavy (non-hydrogen) atoms. The predicted molar refractivity (Wildman–Crippen MR) is 74.0 cm³/mol. The van der Waals surface area contributed by atoms with Gasteiger partial charge in [-0.1, -0.05) is 0 Å². The number of fused-ring (bicyclic) bond motifs is 1. The molecule has 110 valence electrons. The van der Waals surface area contributed by atoms with Crippen LogP contribution in [0.1, 0.15) is 6.42 Å². The van der Waals surface area contributed by atoms with Crippen molar-refractivity contribution >= 4 is 26.0 Å². The van der Waals surface area contributed by atoms with Gasteiger partial charge in [-0.25, -0.2) is 17.5 Å². The maximum Gasteiger partial charge on any atom is 0.242 e. The van der Waals surface area contributed by atoms with Gasteiger partial charge in [0.05, 0.1) is 17.0 Å². The number of rotatable bonds is 3. The van der Waals surface area contributed by atoms with Crippen LogP contribution in [0.25, 0.3) is 0 Å². The minimum absolute atomic E-state index is 0.00690. The van der Waals surface area contributed by atoms with Crippen LogP contribution in [0.15, 0.2) is 27.6 Å². The monoisotopic (exact) mass is 364 g/mol. The summed E-state index contributed by atoms with van der Waals surface area (Å²) >= 11 is 3.06. The van der Waals surface area contributed by atoms with Crippen LogP contribution >= 0.6 is 15.9 Å². The third-order valence-electron chi connectivity index (χ3n) is 3.92. The molecule has 4 atom stereocenters. The lowest BCUT2D eigenvalue weighted by atomic mass is 9.73. The minimum atomic E-state index is -3.76. The first-order valence-corrected chi connectivity index (χ1v) is 8.52. The Kier molecular flexibility index (Phi) is 3.62. The second-order valence-electron chi connectivity index (χ2n) is 5.09. The van der Waals surface area contributed by atoms with Gasteiger partial charge in [0.2, 0.25) is 10.0 Å². The number of ether oxygens (including phenoxy) is 1. The first kappa shape index (κ1) is 14.4. The summed E-state index contributed by atoms with van der Waals surface area (Å²) < 4.78 is 45.9. The van der Waals surface area contributed by atoms with E-state index in [0.29, 0.717) is 6.61 Å². The number of halogens is 2. The molecule has 8 heteroatoms. The summed E-state index contributed by atoms with van der Waals surface area (Å²) in [5.74, 6) is -0.283. The van der Waals surface area contributed by atoms with Gasteiger partial charge in [-0.05, 0) is 40.5 Å². The van der Waals surface area contributed by atoms with E-state index in [2.05, 4.69) is 20.7 Å². The van der Waals surface area contributed by atoms with Crippen LogP contribution in [0.4, 0.5) is 4.39 Å². The first-order chi connectivity index (χ1) is 9.40. The Morgan fingerprint density at radius 2 is 2.20 bits per heavy atom. The molecular formula is C12H14BrFN2O3S. The zero-order valence-corrected chi connectivity index (χ0v) is 12.8. The molecule has 3 N–H and O–H groups in total. The van der Waals surface area contributed by atoms with Gasteiger partial charge >= 0.3 is 0 Å². The second kappa shape index (κ2) is 5.03. The van der Waals surface area contributed by atoms with Crippen LogP contribution in [0.3, 0.4) is 0 Å². The highest BCUT2D eigenvalue weighted by Gasteiger charge is 2.53. The van der Waals surface area contributed by atoms with Crippen molar-refractivity contribution < 1.29 is 17.5 Å². The molecule has 1 saturated carbocycles. The Hall–Kier alpha value is -0.540. The van der Waals surface area contributed by atoms with Gasteiger partial charge in [0.15, 0.2) is 0 Å². The SMILES string of the molecule is NC1C2CCOC2C1NS(=O)(=O)c1ccc(F)cc1Br. The molecule has 4 unspecified atom stereocenters.